The Hall–Kier alpha value is -20.1. The summed E-state index contributed by atoms with van der Waals surface area (Å²) in [4.78, 5) is 45.7. The van der Waals surface area contributed by atoms with E-state index in [-0.39, 0.29) is 0 Å². The molecule has 0 saturated carbocycles. The van der Waals surface area contributed by atoms with Crippen molar-refractivity contribution in [3.05, 3.63) is 528 Å². The maximum absolute atomic E-state index is 5.20. The van der Waals surface area contributed by atoms with Crippen LogP contribution < -0.4 is 0 Å². The Balaban J connectivity index is 0.000000108. The van der Waals surface area contributed by atoms with Gasteiger partial charge in [-0.1, -0.05) is 479 Å². The lowest BCUT2D eigenvalue weighted by Crippen LogP contribution is -2.01. The molecule has 9 nitrogen and oxygen atoms in total. The lowest BCUT2D eigenvalue weighted by molar-refractivity contribution is 1.08. The second-order valence-corrected chi connectivity index (χ2v) is 38.5. The largest absolute Gasteiger partial charge is 0.208 e. The first kappa shape index (κ1) is 87.6. The molecule has 0 radical (unpaired) electrons. The Morgan fingerprint density at radius 1 is 0.0800 bits per heavy atom. The molecule has 3 heterocycles. The van der Waals surface area contributed by atoms with Crippen molar-refractivity contribution in [1.29, 1.82) is 0 Å². The van der Waals surface area contributed by atoms with E-state index in [1.54, 1.807) is 0 Å². The second kappa shape index (κ2) is 37.2. The van der Waals surface area contributed by atoms with Crippen LogP contribution in [0.2, 0.25) is 0 Å². The van der Waals surface area contributed by atoms with Crippen LogP contribution in [0, 0.1) is 0 Å². The summed E-state index contributed by atoms with van der Waals surface area (Å²) in [6.45, 7) is 0. The third-order valence-electron chi connectivity index (χ3n) is 29.7. The lowest BCUT2D eigenvalue weighted by Gasteiger charge is -2.14. The third-order valence-corrected chi connectivity index (χ3v) is 29.7. The van der Waals surface area contributed by atoms with E-state index in [1.807, 2.05) is 78.9 Å². The van der Waals surface area contributed by atoms with Crippen molar-refractivity contribution >= 4 is 162 Å². The number of nitrogens with zero attached hydrogens (tertiary/aromatic N) is 9. The zero-order valence-corrected chi connectivity index (χ0v) is 81.3. The number of aromatic nitrogens is 9. The summed E-state index contributed by atoms with van der Waals surface area (Å²) in [6.07, 6.45) is 0. The predicted octanol–water partition coefficient (Wildman–Crippen LogP) is 36.9. The molecule has 30 rings (SSSR count). The van der Waals surface area contributed by atoms with Gasteiger partial charge in [0.25, 0.3) is 0 Å². The zero-order chi connectivity index (χ0) is 99.1. The van der Waals surface area contributed by atoms with Gasteiger partial charge in [0.1, 0.15) is 0 Å². The first-order chi connectivity index (χ1) is 74.3. The zero-order valence-electron chi connectivity index (χ0n) is 81.3. The molecule has 696 valence electrons. The minimum Gasteiger partial charge on any atom is -0.208 e. The van der Waals surface area contributed by atoms with E-state index >= 15 is 0 Å². The third kappa shape index (κ3) is 16.1. The highest BCUT2D eigenvalue weighted by molar-refractivity contribution is 6.22. The molecule has 150 heavy (non-hydrogen) atoms. The lowest BCUT2D eigenvalue weighted by atomic mass is 9.91. The van der Waals surface area contributed by atoms with Gasteiger partial charge in [-0.05, 0) is 243 Å². The Morgan fingerprint density at radius 2 is 0.267 bits per heavy atom. The van der Waals surface area contributed by atoms with Gasteiger partial charge in [0.05, 0.1) is 0 Å². The number of benzene rings is 27. The van der Waals surface area contributed by atoms with Crippen molar-refractivity contribution in [3.8, 4) is 136 Å². The molecule has 9 heteroatoms. The Kier molecular flexibility index (Phi) is 21.8. The minimum atomic E-state index is 0.649. The molecule has 0 saturated heterocycles. The number of hydrogen-bond donors (Lipinski definition) is 0. The summed E-state index contributed by atoms with van der Waals surface area (Å²) >= 11 is 0. The SMILES string of the molecule is c1ccc(-c2nc(-c3ccc4ccccc4c3)nc(-c3ccc(-c4ccc5ccc6c7ccccc7ccc6c5c4)c4ccccc34)n2)cc1.c1ccc(-c2nc(-c3ccccc3)nc(-c3cccc4c(-c5ccc6ccc7c8ccccc8ccc7c6c5)cccc34)n2)cc1.c1ccc2cc(-c3nc(-c4ccc5ccccc5c4)nc(-c4ccc(-c5ccc6ccc7c8ccccc8ccc7c6c5)c5ccccc45)n3)ccc2c1. The van der Waals surface area contributed by atoms with Gasteiger partial charge in [-0.15, -0.1) is 0 Å². The molecule has 0 aliphatic rings. The molecule has 0 aliphatic carbocycles. The molecule has 0 N–H and O–H groups in total. The molecule has 0 spiro atoms. The molecule has 30 aromatic rings. The number of rotatable bonds is 12. The van der Waals surface area contributed by atoms with Gasteiger partial charge >= 0.3 is 0 Å². The van der Waals surface area contributed by atoms with E-state index in [0.717, 1.165) is 98.5 Å². The Labute approximate surface area is 863 Å². The van der Waals surface area contributed by atoms with Gasteiger partial charge in [-0.25, -0.2) is 44.9 Å². The molecule has 0 unspecified atom stereocenters. The highest BCUT2D eigenvalue weighted by atomic mass is 15.1. The van der Waals surface area contributed by atoms with Crippen molar-refractivity contribution in [2.45, 2.75) is 0 Å². The molecule has 0 atom stereocenters. The topological polar surface area (TPSA) is 116 Å². The molecule has 27 aromatic carbocycles. The normalized spacial score (nSPS) is 11.6. The van der Waals surface area contributed by atoms with Crippen LogP contribution >= 0.6 is 0 Å². The van der Waals surface area contributed by atoms with Crippen molar-refractivity contribution in [3.63, 3.8) is 0 Å². The van der Waals surface area contributed by atoms with Gasteiger partial charge in [0, 0.05) is 50.1 Å². The molecular weight excluding hydrogens is 1820 g/mol. The average molecular weight is 1910 g/mol. The van der Waals surface area contributed by atoms with Crippen LogP contribution in [-0.2, 0) is 0 Å². The van der Waals surface area contributed by atoms with E-state index in [1.165, 1.54) is 146 Å². The van der Waals surface area contributed by atoms with Gasteiger partial charge in [-0.3, -0.25) is 0 Å². The molecular formula is C141H87N9. The maximum atomic E-state index is 5.20. The molecule has 0 aliphatic heterocycles. The van der Waals surface area contributed by atoms with E-state index in [4.69, 9.17) is 44.9 Å². The van der Waals surface area contributed by atoms with Crippen LogP contribution in [-0.4, -0.2) is 44.9 Å². The van der Waals surface area contributed by atoms with Crippen molar-refractivity contribution in [2.24, 2.45) is 0 Å². The fourth-order valence-electron chi connectivity index (χ4n) is 22.2. The standard InChI is InChI=1S/C51H31N3.C47H29N3.C43H27N3/c1-3-12-36-29-39(21-17-32(36)9-1)49-52-50(40-22-18-33-10-2-4-13-37(33)30-40)54-51(53-49)47-28-27-42(43-15-7-8-16-44(43)47)38-20-19-35-24-25-45-41-14-6-5-11-34(41)23-26-46(45)48(35)31-38;1-2-12-33(13-3-1)45-48-46(36-21-18-30-10-4-5-14-34(30)28-36)50-47(49-45)43-27-26-38(39-16-8-9-17-40(39)43)35-20-19-32-23-24-41-37-15-7-6-11-31(37)22-25-42(41)44(32)29-35;1-3-12-30(13-4-1)41-44-42(31-14-5-2-6-15-31)46-43(45-41)39-20-10-18-35-34(17-9-19-36(35)39)32-22-21-29-24-25-37-33-16-8-7-11-28(33)23-26-38(37)40(29)27-32/h1-31H;1-29H;1-27H. The summed E-state index contributed by atoms with van der Waals surface area (Å²) in [7, 11) is 0. The van der Waals surface area contributed by atoms with Crippen molar-refractivity contribution in [1.82, 2.24) is 44.9 Å². The highest BCUT2D eigenvalue weighted by Crippen LogP contribution is 2.46. The summed E-state index contributed by atoms with van der Waals surface area (Å²) in [5.41, 5.74) is 15.7. The van der Waals surface area contributed by atoms with E-state index < -0.39 is 0 Å². The second-order valence-electron chi connectivity index (χ2n) is 38.5. The first-order valence-electron chi connectivity index (χ1n) is 50.8. The van der Waals surface area contributed by atoms with E-state index in [2.05, 4.69) is 449 Å². The quantitative estimate of drug-likeness (QED) is 0.110. The van der Waals surface area contributed by atoms with Crippen molar-refractivity contribution < 1.29 is 0 Å². The van der Waals surface area contributed by atoms with E-state index in [9.17, 15) is 0 Å². The molecule has 0 bridgehead atoms. The summed E-state index contributed by atoms with van der Waals surface area (Å²) < 4.78 is 0. The average Bonchev–Trinajstić information content (AvgIpc) is 0.752. The monoisotopic (exact) mass is 1910 g/mol. The van der Waals surface area contributed by atoms with Crippen LogP contribution in [0.1, 0.15) is 0 Å². The van der Waals surface area contributed by atoms with Gasteiger partial charge in [0.2, 0.25) is 0 Å². The smallest absolute Gasteiger partial charge is 0.164 e. The van der Waals surface area contributed by atoms with Crippen LogP contribution in [0.4, 0.5) is 0 Å². The van der Waals surface area contributed by atoms with Gasteiger partial charge in [0.15, 0.2) is 52.4 Å². The summed E-state index contributed by atoms with van der Waals surface area (Å²) in [5.74, 6) is 5.89. The van der Waals surface area contributed by atoms with Crippen LogP contribution in [0.5, 0.6) is 0 Å². The first-order valence-corrected chi connectivity index (χ1v) is 50.8. The molecule has 0 amide bonds. The number of hydrogen-bond acceptors (Lipinski definition) is 9. The summed E-state index contributed by atoms with van der Waals surface area (Å²) in [6, 6.07) is 187. The summed E-state index contributed by atoms with van der Waals surface area (Å²) in [5, 5.41) is 36.5. The van der Waals surface area contributed by atoms with Gasteiger partial charge in [-0.2, -0.15) is 0 Å². The molecule has 0 fully saturated rings. The highest BCUT2D eigenvalue weighted by Gasteiger charge is 2.24. The number of fused-ring (bicyclic) bond motifs is 21. The molecule has 3 aromatic heterocycles. The maximum Gasteiger partial charge on any atom is 0.164 e. The Bertz CT molecular complexity index is 10600. The Morgan fingerprint density at radius 3 is 0.573 bits per heavy atom. The van der Waals surface area contributed by atoms with Crippen LogP contribution in [0.25, 0.3) is 297 Å². The minimum absolute atomic E-state index is 0.649. The fourth-order valence-corrected chi connectivity index (χ4v) is 22.2. The van der Waals surface area contributed by atoms with Gasteiger partial charge < -0.3 is 0 Å². The van der Waals surface area contributed by atoms with Crippen LogP contribution in [0.15, 0.2) is 528 Å². The van der Waals surface area contributed by atoms with Crippen LogP contribution in [0.3, 0.4) is 0 Å². The van der Waals surface area contributed by atoms with Crippen molar-refractivity contribution in [2.75, 3.05) is 0 Å². The predicted molar refractivity (Wildman–Crippen MR) is 627 cm³/mol. The van der Waals surface area contributed by atoms with E-state index in [0.29, 0.717) is 52.4 Å². The fraction of sp³-hybridized carbons (Fsp3) is 0.